The summed E-state index contributed by atoms with van der Waals surface area (Å²) in [6.07, 6.45) is 5.40. The van der Waals surface area contributed by atoms with E-state index in [0.717, 1.165) is 17.0 Å². The lowest BCUT2D eigenvalue weighted by atomic mass is 10.0. The highest BCUT2D eigenvalue weighted by molar-refractivity contribution is 5.79. The van der Waals surface area contributed by atoms with Crippen LogP contribution in [0.3, 0.4) is 0 Å². The summed E-state index contributed by atoms with van der Waals surface area (Å²) in [7, 11) is 1.61. The molecular weight excluding hydrogens is 306 g/mol. The number of β-amino-alcohol motifs (C(OH)–C–C–N with tert-alkyl or cyclic N) is 1. The van der Waals surface area contributed by atoms with E-state index >= 15 is 0 Å². The molecular formula is C18H21N3O3. The molecule has 2 unspecified atom stereocenters. The number of benzene rings is 1. The number of carbonyl (C=O) groups is 1. The van der Waals surface area contributed by atoms with Crippen LogP contribution in [0, 0.1) is 5.92 Å². The van der Waals surface area contributed by atoms with Crippen LogP contribution < -0.4 is 4.74 Å². The van der Waals surface area contributed by atoms with Crippen molar-refractivity contribution in [3.63, 3.8) is 0 Å². The fraction of sp³-hybridized carbons (Fsp3) is 0.389. The second-order valence-electron chi connectivity index (χ2n) is 6.05. The molecule has 0 aliphatic carbocycles. The zero-order chi connectivity index (χ0) is 16.9. The molecule has 1 saturated heterocycles. The van der Waals surface area contributed by atoms with Crippen molar-refractivity contribution in [1.82, 2.24) is 14.9 Å². The van der Waals surface area contributed by atoms with Gasteiger partial charge < -0.3 is 14.7 Å². The lowest BCUT2D eigenvalue weighted by molar-refractivity contribution is -0.129. The summed E-state index contributed by atoms with van der Waals surface area (Å²) in [5.74, 6) is 0.800. The van der Waals surface area contributed by atoms with E-state index in [2.05, 4.69) is 9.97 Å². The van der Waals surface area contributed by atoms with Crippen LogP contribution in [0.25, 0.3) is 0 Å². The van der Waals surface area contributed by atoms with E-state index in [9.17, 15) is 9.90 Å². The number of aliphatic hydroxyl groups excluding tert-OH is 1. The van der Waals surface area contributed by atoms with Gasteiger partial charge in [0.15, 0.2) is 0 Å². The van der Waals surface area contributed by atoms with Crippen molar-refractivity contribution in [1.29, 1.82) is 0 Å². The molecule has 1 aliphatic rings. The van der Waals surface area contributed by atoms with Crippen LogP contribution in [0.2, 0.25) is 0 Å². The Morgan fingerprint density at radius 1 is 1.29 bits per heavy atom. The highest BCUT2D eigenvalue weighted by Crippen LogP contribution is 2.22. The molecule has 1 N–H and O–H groups in total. The number of carbonyl (C=O) groups excluding carboxylic acids is 1. The summed E-state index contributed by atoms with van der Waals surface area (Å²) in [6.45, 7) is 0.923. The Bertz CT molecular complexity index is 676. The molecule has 1 amide bonds. The standard InChI is InChI=1S/C18H21N3O3/c1-24-16-4-2-13(3-5-16)8-18(23)21-11-14(17(22)12-21)9-15-10-19-6-7-20-15/h2-7,10,14,17,22H,8-9,11-12H2,1H3. The van der Waals surface area contributed by atoms with E-state index in [1.807, 2.05) is 24.3 Å². The minimum absolute atomic E-state index is 0.00140. The van der Waals surface area contributed by atoms with Crippen molar-refractivity contribution in [3.05, 3.63) is 54.1 Å². The number of aliphatic hydroxyl groups is 1. The Morgan fingerprint density at radius 2 is 2.08 bits per heavy atom. The number of amides is 1. The molecule has 0 bridgehead atoms. The maximum absolute atomic E-state index is 12.5. The number of rotatable bonds is 5. The van der Waals surface area contributed by atoms with Crippen molar-refractivity contribution >= 4 is 5.91 Å². The van der Waals surface area contributed by atoms with Gasteiger partial charge in [0.1, 0.15) is 5.75 Å². The van der Waals surface area contributed by atoms with Crippen LogP contribution in [0.5, 0.6) is 5.75 Å². The second kappa shape index (κ2) is 7.40. The third kappa shape index (κ3) is 3.89. The molecule has 6 heteroatoms. The first kappa shape index (κ1) is 16.4. The van der Waals surface area contributed by atoms with Crippen LogP contribution in [0.15, 0.2) is 42.9 Å². The lowest BCUT2D eigenvalue weighted by Crippen LogP contribution is -2.31. The minimum atomic E-state index is -0.521. The van der Waals surface area contributed by atoms with Crippen molar-refractivity contribution in [3.8, 4) is 5.75 Å². The van der Waals surface area contributed by atoms with Gasteiger partial charge in [-0.05, 0) is 24.1 Å². The normalized spacial score (nSPS) is 20.2. The maximum Gasteiger partial charge on any atom is 0.227 e. The van der Waals surface area contributed by atoms with Gasteiger partial charge in [-0.1, -0.05) is 12.1 Å². The number of hydrogen-bond acceptors (Lipinski definition) is 5. The number of aromatic nitrogens is 2. The van der Waals surface area contributed by atoms with E-state index in [4.69, 9.17) is 4.74 Å². The highest BCUT2D eigenvalue weighted by Gasteiger charge is 2.34. The molecule has 3 rings (SSSR count). The van der Waals surface area contributed by atoms with Crippen molar-refractivity contribution in [2.75, 3.05) is 20.2 Å². The van der Waals surface area contributed by atoms with Crippen LogP contribution in [-0.2, 0) is 17.6 Å². The molecule has 6 nitrogen and oxygen atoms in total. The molecule has 24 heavy (non-hydrogen) atoms. The van der Waals surface area contributed by atoms with Gasteiger partial charge in [0, 0.05) is 37.6 Å². The van der Waals surface area contributed by atoms with E-state index in [0.29, 0.717) is 25.9 Å². The monoisotopic (exact) mass is 327 g/mol. The zero-order valence-electron chi connectivity index (χ0n) is 13.6. The number of hydrogen-bond donors (Lipinski definition) is 1. The number of methoxy groups -OCH3 is 1. The summed E-state index contributed by atoms with van der Waals surface area (Å²) < 4.78 is 5.12. The Morgan fingerprint density at radius 3 is 2.75 bits per heavy atom. The quantitative estimate of drug-likeness (QED) is 0.890. The summed E-state index contributed by atoms with van der Waals surface area (Å²) in [5, 5.41) is 10.2. The first-order valence-corrected chi connectivity index (χ1v) is 7.99. The van der Waals surface area contributed by atoms with E-state index in [1.54, 1.807) is 30.6 Å². The third-order valence-corrected chi connectivity index (χ3v) is 4.36. The molecule has 1 fully saturated rings. The van der Waals surface area contributed by atoms with Crippen LogP contribution >= 0.6 is 0 Å². The average molecular weight is 327 g/mol. The lowest BCUT2D eigenvalue weighted by Gasteiger charge is -2.16. The molecule has 0 radical (unpaired) electrons. The van der Waals surface area contributed by atoms with Gasteiger partial charge in [-0.3, -0.25) is 14.8 Å². The van der Waals surface area contributed by atoms with Gasteiger partial charge in [0.2, 0.25) is 5.91 Å². The van der Waals surface area contributed by atoms with Gasteiger partial charge in [-0.15, -0.1) is 0 Å². The number of likely N-dealkylation sites (tertiary alicyclic amines) is 1. The number of nitrogens with zero attached hydrogens (tertiary/aromatic N) is 3. The third-order valence-electron chi connectivity index (χ3n) is 4.36. The topological polar surface area (TPSA) is 75.5 Å². The van der Waals surface area contributed by atoms with Crippen molar-refractivity contribution in [2.24, 2.45) is 5.92 Å². The Balaban J connectivity index is 1.58. The van der Waals surface area contributed by atoms with Gasteiger partial charge in [0.25, 0.3) is 0 Å². The average Bonchev–Trinajstić information content (AvgIpc) is 2.97. The van der Waals surface area contributed by atoms with Gasteiger partial charge in [-0.2, -0.15) is 0 Å². The minimum Gasteiger partial charge on any atom is -0.497 e. The first-order chi connectivity index (χ1) is 11.7. The van der Waals surface area contributed by atoms with Crippen LogP contribution in [0.4, 0.5) is 0 Å². The van der Waals surface area contributed by atoms with Crippen LogP contribution in [0.1, 0.15) is 11.3 Å². The second-order valence-corrected chi connectivity index (χ2v) is 6.05. The largest absolute Gasteiger partial charge is 0.497 e. The van der Waals surface area contributed by atoms with E-state index < -0.39 is 6.10 Å². The molecule has 2 atom stereocenters. The fourth-order valence-corrected chi connectivity index (χ4v) is 2.99. The Hall–Kier alpha value is -2.47. The molecule has 0 spiro atoms. The molecule has 0 saturated carbocycles. The molecule has 2 aromatic rings. The SMILES string of the molecule is COc1ccc(CC(=O)N2CC(O)C(Cc3cnccn3)C2)cc1. The summed E-state index contributed by atoms with van der Waals surface area (Å²) in [4.78, 5) is 22.5. The molecule has 126 valence electrons. The van der Waals surface area contributed by atoms with E-state index in [-0.39, 0.29) is 11.8 Å². The fourth-order valence-electron chi connectivity index (χ4n) is 2.99. The molecule has 1 aliphatic heterocycles. The van der Waals surface area contributed by atoms with Crippen LogP contribution in [-0.4, -0.2) is 52.2 Å². The van der Waals surface area contributed by atoms with E-state index in [1.165, 1.54) is 0 Å². The summed E-state index contributed by atoms with van der Waals surface area (Å²) in [5.41, 5.74) is 1.78. The maximum atomic E-state index is 12.5. The molecule has 1 aromatic heterocycles. The number of ether oxygens (including phenoxy) is 1. The zero-order valence-corrected chi connectivity index (χ0v) is 13.6. The Kier molecular flexibility index (Phi) is 5.05. The van der Waals surface area contributed by atoms with Crippen molar-refractivity contribution in [2.45, 2.75) is 18.9 Å². The molecule has 1 aromatic carbocycles. The highest BCUT2D eigenvalue weighted by atomic mass is 16.5. The van der Waals surface area contributed by atoms with Gasteiger partial charge in [0.05, 0.1) is 25.3 Å². The van der Waals surface area contributed by atoms with Gasteiger partial charge >= 0.3 is 0 Å². The van der Waals surface area contributed by atoms with Gasteiger partial charge in [-0.25, -0.2) is 0 Å². The predicted molar refractivity (Wildman–Crippen MR) is 88.5 cm³/mol. The van der Waals surface area contributed by atoms with Crippen molar-refractivity contribution < 1.29 is 14.6 Å². The predicted octanol–water partition coefficient (Wildman–Crippen LogP) is 1.09. The molecule has 2 heterocycles. The summed E-state index contributed by atoms with van der Waals surface area (Å²) in [6, 6.07) is 7.47. The Labute approximate surface area is 141 Å². The summed E-state index contributed by atoms with van der Waals surface area (Å²) >= 11 is 0. The smallest absolute Gasteiger partial charge is 0.227 e. The first-order valence-electron chi connectivity index (χ1n) is 7.99.